The van der Waals surface area contributed by atoms with Crippen LogP contribution in [0.4, 0.5) is 0 Å². The Morgan fingerprint density at radius 1 is 0.962 bits per heavy atom. The summed E-state index contributed by atoms with van der Waals surface area (Å²) in [6.45, 7) is 0.563. The molecule has 6 heteroatoms. The zero-order valence-electron chi connectivity index (χ0n) is 14.2. The fourth-order valence-corrected chi connectivity index (χ4v) is 2.39. The minimum atomic E-state index is -0.319. The summed E-state index contributed by atoms with van der Waals surface area (Å²) in [4.78, 5) is 24.0. The quantitative estimate of drug-likeness (QED) is 0.663. The maximum Gasteiger partial charge on any atom is 0.267 e. The summed E-state index contributed by atoms with van der Waals surface area (Å²) in [6.07, 6.45) is 0. The molecule has 132 valence electrons. The number of rotatable bonds is 7. The molecule has 1 aromatic heterocycles. The van der Waals surface area contributed by atoms with Crippen LogP contribution in [-0.4, -0.2) is 28.8 Å². The number of hydrogen-bond donors (Lipinski definition) is 1. The molecule has 26 heavy (non-hydrogen) atoms. The third-order valence-corrected chi connectivity index (χ3v) is 3.67. The van der Waals surface area contributed by atoms with E-state index in [1.54, 1.807) is 6.07 Å². The van der Waals surface area contributed by atoms with Gasteiger partial charge in [0.05, 0.1) is 12.2 Å². The first-order valence-electron chi connectivity index (χ1n) is 8.30. The molecule has 0 aliphatic heterocycles. The Hall–Kier alpha value is -3.41. The Balaban J connectivity index is 1.54. The molecule has 6 nitrogen and oxygen atoms in total. The topological polar surface area (TPSA) is 73.2 Å². The van der Waals surface area contributed by atoms with Crippen LogP contribution in [-0.2, 0) is 11.3 Å². The number of hydrogen-bond acceptors (Lipinski definition) is 4. The Kier molecular flexibility index (Phi) is 5.77. The SMILES string of the molecule is O=C(Cn1nc(-c2ccccc2)ccc1=O)NCCOc1ccccc1. The van der Waals surface area contributed by atoms with Gasteiger partial charge in [-0.15, -0.1) is 0 Å². The number of aromatic nitrogens is 2. The van der Waals surface area contributed by atoms with E-state index >= 15 is 0 Å². The molecule has 1 amide bonds. The van der Waals surface area contributed by atoms with Crippen LogP contribution in [0.1, 0.15) is 0 Å². The largest absolute Gasteiger partial charge is 0.492 e. The van der Waals surface area contributed by atoms with Crippen LogP contribution < -0.4 is 15.6 Å². The fourth-order valence-electron chi connectivity index (χ4n) is 2.39. The van der Waals surface area contributed by atoms with Gasteiger partial charge in [0.15, 0.2) is 0 Å². The number of carbonyl (C=O) groups excluding carboxylic acids is 1. The smallest absolute Gasteiger partial charge is 0.267 e. The molecule has 2 aromatic carbocycles. The van der Waals surface area contributed by atoms with Crippen LogP contribution in [0.15, 0.2) is 77.6 Å². The van der Waals surface area contributed by atoms with Crippen molar-refractivity contribution < 1.29 is 9.53 Å². The molecule has 0 bridgehead atoms. The van der Waals surface area contributed by atoms with Crippen molar-refractivity contribution in [3.8, 4) is 17.0 Å². The second-order valence-corrected chi connectivity index (χ2v) is 5.59. The van der Waals surface area contributed by atoms with Crippen LogP contribution in [0.25, 0.3) is 11.3 Å². The molecule has 0 fully saturated rings. The second-order valence-electron chi connectivity index (χ2n) is 5.59. The molecular weight excluding hydrogens is 330 g/mol. The van der Waals surface area contributed by atoms with E-state index in [4.69, 9.17) is 4.74 Å². The van der Waals surface area contributed by atoms with Gasteiger partial charge in [0.1, 0.15) is 18.9 Å². The Morgan fingerprint density at radius 3 is 2.38 bits per heavy atom. The van der Waals surface area contributed by atoms with Crippen molar-refractivity contribution in [1.29, 1.82) is 0 Å². The van der Waals surface area contributed by atoms with E-state index in [1.807, 2.05) is 60.7 Å². The summed E-state index contributed by atoms with van der Waals surface area (Å²) in [7, 11) is 0. The van der Waals surface area contributed by atoms with Crippen molar-refractivity contribution in [3.05, 3.63) is 83.2 Å². The molecule has 0 spiro atoms. The monoisotopic (exact) mass is 349 g/mol. The van der Waals surface area contributed by atoms with Crippen molar-refractivity contribution >= 4 is 5.91 Å². The number of nitrogens with zero attached hydrogens (tertiary/aromatic N) is 2. The summed E-state index contributed by atoms with van der Waals surface area (Å²) in [5, 5.41) is 6.99. The highest BCUT2D eigenvalue weighted by Crippen LogP contribution is 2.13. The third kappa shape index (κ3) is 4.80. The first-order valence-corrected chi connectivity index (χ1v) is 8.30. The van der Waals surface area contributed by atoms with Crippen molar-refractivity contribution in [2.45, 2.75) is 6.54 Å². The predicted octanol–water partition coefficient (Wildman–Crippen LogP) is 2.11. The van der Waals surface area contributed by atoms with Gasteiger partial charge in [0, 0.05) is 11.6 Å². The standard InChI is InChI=1S/C20H19N3O3/c24-19(21-13-14-26-17-9-5-2-6-10-17)15-23-20(25)12-11-18(22-23)16-7-3-1-4-8-16/h1-12H,13-15H2,(H,21,24). The van der Waals surface area contributed by atoms with Crippen molar-refractivity contribution in [2.75, 3.05) is 13.2 Å². The van der Waals surface area contributed by atoms with Crippen molar-refractivity contribution in [1.82, 2.24) is 15.1 Å². The van der Waals surface area contributed by atoms with E-state index in [0.717, 1.165) is 16.0 Å². The normalized spacial score (nSPS) is 10.3. The highest BCUT2D eigenvalue weighted by molar-refractivity contribution is 5.75. The predicted molar refractivity (Wildman–Crippen MR) is 98.9 cm³/mol. The maximum absolute atomic E-state index is 12.1. The van der Waals surface area contributed by atoms with E-state index in [9.17, 15) is 9.59 Å². The van der Waals surface area contributed by atoms with Crippen LogP contribution in [0.5, 0.6) is 5.75 Å². The number of ether oxygens (including phenoxy) is 1. The van der Waals surface area contributed by atoms with Crippen LogP contribution >= 0.6 is 0 Å². The number of amides is 1. The summed E-state index contributed by atoms with van der Waals surface area (Å²) < 4.78 is 6.67. The molecule has 3 rings (SSSR count). The summed E-state index contributed by atoms with van der Waals surface area (Å²) in [5.41, 5.74) is 1.21. The number of nitrogens with one attached hydrogen (secondary N) is 1. The van der Waals surface area contributed by atoms with Gasteiger partial charge in [0.2, 0.25) is 5.91 Å². The molecule has 0 unspecified atom stereocenters. The lowest BCUT2D eigenvalue weighted by atomic mass is 10.1. The minimum absolute atomic E-state index is 0.134. The zero-order chi connectivity index (χ0) is 18.2. The van der Waals surface area contributed by atoms with E-state index in [1.165, 1.54) is 6.07 Å². The first kappa shape index (κ1) is 17.4. The number of para-hydroxylation sites is 1. The van der Waals surface area contributed by atoms with E-state index in [0.29, 0.717) is 18.8 Å². The molecule has 0 aliphatic rings. The average molecular weight is 349 g/mol. The molecule has 0 radical (unpaired) electrons. The van der Waals surface area contributed by atoms with Crippen LogP contribution in [0, 0.1) is 0 Å². The maximum atomic E-state index is 12.1. The molecular formula is C20H19N3O3. The molecule has 1 heterocycles. The average Bonchev–Trinajstić information content (AvgIpc) is 2.68. The third-order valence-electron chi connectivity index (χ3n) is 3.67. The second kappa shape index (κ2) is 8.62. The molecule has 0 aliphatic carbocycles. The van der Waals surface area contributed by atoms with E-state index in [2.05, 4.69) is 10.4 Å². The van der Waals surface area contributed by atoms with Crippen LogP contribution in [0.2, 0.25) is 0 Å². The highest BCUT2D eigenvalue weighted by atomic mass is 16.5. The van der Waals surface area contributed by atoms with Gasteiger partial charge in [-0.05, 0) is 18.2 Å². The summed E-state index contributed by atoms with van der Waals surface area (Å²) in [5.74, 6) is 0.455. The van der Waals surface area contributed by atoms with Gasteiger partial charge in [-0.2, -0.15) is 5.10 Å². The lowest BCUT2D eigenvalue weighted by Gasteiger charge is -2.09. The van der Waals surface area contributed by atoms with Gasteiger partial charge in [-0.1, -0.05) is 48.5 Å². The Morgan fingerprint density at radius 2 is 1.65 bits per heavy atom. The van der Waals surface area contributed by atoms with Gasteiger partial charge in [-0.25, -0.2) is 4.68 Å². The lowest BCUT2D eigenvalue weighted by Crippen LogP contribution is -2.35. The fraction of sp³-hybridized carbons (Fsp3) is 0.150. The summed E-state index contributed by atoms with van der Waals surface area (Å²) in [6, 6.07) is 21.9. The first-order chi connectivity index (χ1) is 12.7. The minimum Gasteiger partial charge on any atom is -0.492 e. The van der Waals surface area contributed by atoms with Gasteiger partial charge >= 0.3 is 0 Å². The summed E-state index contributed by atoms with van der Waals surface area (Å²) >= 11 is 0. The van der Waals surface area contributed by atoms with Crippen LogP contribution in [0.3, 0.4) is 0 Å². The highest BCUT2D eigenvalue weighted by Gasteiger charge is 2.07. The molecule has 0 saturated carbocycles. The zero-order valence-corrected chi connectivity index (χ0v) is 14.2. The Labute approximate surface area is 151 Å². The Bertz CT molecular complexity index is 908. The van der Waals surface area contributed by atoms with E-state index < -0.39 is 0 Å². The molecule has 3 aromatic rings. The van der Waals surface area contributed by atoms with E-state index in [-0.39, 0.29) is 18.0 Å². The molecule has 0 saturated heterocycles. The van der Waals surface area contributed by atoms with Crippen molar-refractivity contribution in [3.63, 3.8) is 0 Å². The number of carbonyl (C=O) groups is 1. The number of benzene rings is 2. The van der Waals surface area contributed by atoms with Crippen molar-refractivity contribution in [2.24, 2.45) is 0 Å². The van der Waals surface area contributed by atoms with Gasteiger partial charge in [0.25, 0.3) is 5.56 Å². The van der Waals surface area contributed by atoms with Gasteiger partial charge in [-0.3, -0.25) is 9.59 Å². The lowest BCUT2D eigenvalue weighted by molar-refractivity contribution is -0.122. The van der Waals surface area contributed by atoms with Gasteiger partial charge < -0.3 is 10.1 Å². The molecule has 1 N–H and O–H groups in total. The molecule has 0 atom stereocenters.